The summed E-state index contributed by atoms with van der Waals surface area (Å²) >= 11 is 0. The lowest BCUT2D eigenvalue weighted by molar-refractivity contribution is -0.121. The molecule has 0 fully saturated rings. The lowest BCUT2D eigenvalue weighted by Gasteiger charge is -2.26. The van der Waals surface area contributed by atoms with Crippen molar-refractivity contribution in [3.05, 3.63) is 59.4 Å². The van der Waals surface area contributed by atoms with Crippen LogP contribution in [-0.4, -0.2) is 25.1 Å². The zero-order valence-corrected chi connectivity index (χ0v) is 13.6. The smallest absolute Gasteiger partial charge is 0.224 e. The average Bonchev–Trinajstić information content (AvgIpc) is 2.53. The van der Waals surface area contributed by atoms with Gasteiger partial charge in [0.25, 0.3) is 0 Å². The molecule has 1 aromatic heterocycles. The molecule has 0 bridgehead atoms. The molecule has 1 atom stereocenters. The summed E-state index contributed by atoms with van der Waals surface area (Å²) in [7, 11) is -3.24. The predicted molar refractivity (Wildman–Crippen MR) is 86.7 cm³/mol. The Hall–Kier alpha value is -2.21. The van der Waals surface area contributed by atoms with Crippen molar-refractivity contribution in [3.8, 4) is 0 Å². The number of benzene rings is 1. The Morgan fingerprint density at radius 3 is 2.78 bits per heavy atom. The van der Waals surface area contributed by atoms with Gasteiger partial charge in [0, 0.05) is 11.9 Å². The van der Waals surface area contributed by atoms with Gasteiger partial charge in [0.15, 0.2) is 9.84 Å². The SMILES string of the molecule is Cc1ccc(CC(=O)N[C@H]2CCS(=O)(=O)c3ccccc32)cn1. The van der Waals surface area contributed by atoms with E-state index in [1.165, 1.54) is 0 Å². The number of fused-ring (bicyclic) bond motifs is 1. The van der Waals surface area contributed by atoms with Crippen LogP contribution in [-0.2, 0) is 21.1 Å². The van der Waals surface area contributed by atoms with Gasteiger partial charge < -0.3 is 5.32 Å². The summed E-state index contributed by atoms with van der Waals surface area (Å²) in [6.45, 7) is 1.89. The molecule has 0 aliphatic carbocycles. The van der Waals surface area contributed by atoms with E-state index in [0.29, 0.717) is 16.9 Å². The van der Waals surface area contributed by atoms with Crippen LogP contribution in [0.3, 0.4) is 0 Å². The van der Waals surface area contributed by atoms with Crippen molar-refractivity contribution < 1.29 is 13.2 Å². The number of pyridine rings is 1. The third kappa shape index (κ3) is 3.42. The summed E-state index contributed by atoms with van der Waals surface area (Å²) in [5, 5.41) is 2.94. The van der Waals surface area contributed by atoms with Crippen LogP contribution < -0.4 is 5.32 Å². The fourth-order valence-corrected chi connectivity index (χ4v) is 4.40. The first-order chi connectivity index (χ1) is 11.0. The van der Waals surface area contributed by atoms with Crippen molar-refractivity contribution in [2.45, 2.75) is 30.7 Å². The topological polar surface area (TPSA) is 76.1 Å². The highest BCUT2D eigenvalue weighted by Crippen LogP contribution is 2.31. The second-order valence-corrected chi connectivity index (χ2v) is 7.83. The van der Waals surface area contributed by atoms with Crippen molar-refractivity contribution in [2.75, 3.05) is 5.75 Å². The minimum Gasteiger partial charge on any atom is -0.349 e. The van der Waals surface area contributed by atoms with E-state index in [-0.39, 0.29) is 24.1 Å². The summed E-state index contributed by atoms with van der Waals surface area (Å²) < 4.78 is 24.2. The first-order valence-electron chi connectivity index (χ1n) is 7.48. The number of rotatable bonds is 3. The highest BCUT2D eigenvalue weighted by atomic mass is 32.2. The number of aromatic nitrogens is 1. The summed E-state index contributed by atoms with van der Waals surface area (Å²) in [6.07, 6.45) is 2.32. The van der Waals surface area contributed by atoms with Gasteiger partial charge in [-0.3, -0.25) is 9.78 Å². The highest BCUT2D eigenvalue weighted by Gasteiger charge is 2.30. The van der Waals surface area contributed by atoms with Crippen LogP contribution in [0, 0.1) is 6.92 Å². The van der Waals surface area contributed by atoms with Crippen molar-refractivity contribution in [2.24, 2.45) is 0 Å². The number of hydrogen-bond acceptors (Lipinski definition) is 4. The maximum absolute atomic E-state index is 12.2. The third-order valence-corrected chi connectivity index (χ3v) is 5.79. The van der Waals surface area contributed by atoms with Gasteiger partial charge >= 0.3 is 0 Å². The van der Waals surface area contributed by atoms with E-state index >= 15 is 0 Å². The van der Waals surface area contributed by atoms with Crippen molar-refractivity contribution >= 4 is 15.7 Å². The Morgan fingerprint density at radius 2 is 2.04 bits per heavy atom. The fourth-order valence-electron chi connectivity index (χ4n) is 2.77. The predicted octanol–water partition coefficient (Wildman–Crippen LogP) is 1.97. The van der Waals surface area contributed by atoms with Crippen LogP contribution in [0.15, 0.2) is 47.5 Å². The summed E-state index contributed by atoms with van der Waals surface area (Å²) in [5.74, 6) is -0.0733. The molecular weight excluding hydrogens is 312 g/mol. The number of amides is 1. The lowest BCUT2D eigenvalue weighted by Crippen LogP contribution is -2.34. The highest BCUT2D eigenvalue weighted by molar-refractivity contribution is 7.91. The van der Waals surface area contributed by atoms with Crippen LogP contribution in [0.5, 0.6) is 0 Å². The molecule has 23 heavy (non-hydrogen) atoms. The van der Waals surface area contributed by atoms with Gasteiger partial charge in [-0.15, -0.1) is 0 Å². The number of nitrogens with zero attached hydrogens (tertiary/aromatic N) is 1. The molecule has 2 aromatic rings. The molecule has 0 saturated carbocycles. The molecule has 1 N–H and O–H groups in total. The minimum absolute atomic E-state index is 0.0566. The Labute approximate surface area is 135 Å². The number of carbonyl (C=O) groups is 1. The molecule has 0 radical (unpaired) electrons. The number of aryl methyl sites for hydroxylation is 1. The van der Waals surface area contributed by atoms with Gasteiger partial charge in [0.05, 0.1) is 23.1 Å². The van der Waals surface area contributed by atoms with E-state index in [4.69, 9.17) is 0 Å². The Kier molecular flexibility index (Phi) is 4.17. The van der Waals surface area contributed by atoms with Crippen LogP contribution in [0.2, 0.25) is 0 Å². The zero-order chi connectivity index (χ0) is 16.4. The van der Waals surface area contributed by atoms with E-state index in [1.807, 2.05) is 19.1 Å². The first kappa shape index (κ1) is 15.7. The molecule has 120 valence electrons. The van der Waals surface area contributed by atoms with Crippen molar-refractivity contribution in [1.29, 1.82) is 0 Å². The van der Waals surface area contributed by atoms with Crippen LogP contribution in [0.25, 0.3) is 0 Å². The molecule has 5 nitrogen and oxygen atoms in total. The molecule has 1 aliphatic rings. The Morgan fingerprint density at radius 1 is 1.26 bits per heavy atom. The molecule has 1 aromatic carbocycles. The van der Waals surface area contributed by atoms with Crippen LogP contribution in [0.1, 0.15) is 29.3 Å². The molecule has 0 spiro atoms. The lowest BCUT2D eigenvalue weighted by atomic mass is 10.0. The van der Waals surface area contributed by atoms with E-state index in [9.17, 15) is 13.2 Å². The summed E-state index contributed by atoms with van der Waals surface area (Å²) in [4.78, 5) is 16.8. The summed E-state index contributed by atoms with van der Waals surface area (Å²) in [5.41, 5.74) is 2.42. The standard InChI is InChI=1S/C17H18N2O3S/c1-12-6-7-13(11-18-12)10-17(20)19-15-8-9-23(21,22)16-5-3-2-4-14(15)16/h2-7,11,15H,8-10H2,1H3,(H,19,20)/t15-/m0/s1. The third-order valence-electron chi connectivity index (χ3n) is 3.98. The Balaban J connectivity index is 1.75. The van der Waals surface area contributed by atoms with Crippen molar-refractivity contribution in [3.63, 3.8) is 0 Å². The maximum Gasteiger partial charge on any atom is 0.224 e. The van der Waals surface area contributed by atoms with Crippen molar-refractivity contribution in [1.82, 2.24) is 10.3 Å². The number of hydrogen-bond donors (Lipinski definition) is 1. The zero-order valence-electron chi connectivity index (χ0n) is 12.8. The van der Waals surface area contributed by atoms with Crippen LogP contribution >= 0.6 is 0 Å². The van der Waals surface area contributed by atoms with Gasteiger partial charge in [-0.05, 0) is 36.6 Å². The number of carbonyl (C=O) groups excluding carboxylic acids is 1. The van der Waals surface area contributed by atoms with E-state index < -0.39 is 9.84 Å². The van der Waals surface area contributed by atoms with Gasteiger partial charge in [0.1, 0.15) is 0 Å². The fraction of sp³-hybridized carbons (Fsp3) is 0.294. The maximum atomic E-state index is 12.2. The van der Waals surface area contributed by atoms with Gasteiger partial charge in [-0.1, -0.05) is 24.3 Å². The van der Waals surface area contributed by atoms with E-state index in [1.54, 1.807) is 30.5 Å². The van der Waals surface area contributed by atoms with E-state index in [2.05, 4.69) is 10.3 Å². The molecule has 2 heterocycles. The second kappa shape index (κ2) is 6.12. The number of sulfone groups is 1. The molecule has 0 saturated heterocycles. The minimum atomic E-state index is -3.24. The second-order valence-electron chi connectivity index (χ2n) is 5.75. The average molecular weight is 330 g/mol. The molecule has 1 aliphatic heterocycles. The van der Waals surface area contributed by atoms with Gasteiger partial charge in [-0.25, -0.2) is 8.42 Å². The van der Waals surface area contributed by atoms with Gasteiger partial charge in [0.2, 0.25) is 5.91 Å². The largest absolute Gasteiger partial charge is 0.349 e. The molecule has 1 amide bonds. The molecule has 0 unspecified atom stereocenters. The number of nitrogens with one attached hydrogen (secondary N) is 1. The van der Waals surface area contributed by atoms with Crippen LogP contribution in [0.4, 0.5) is 0 Å². The molecule has 6 heteroatoms. The van der Waals surface area contributed by atoms with E-state index in [0.717, 1.165) is 11.3 Å². The molecule has 3 rings (SSSR count). The monoisotopic (exact) mass is 330 g/mol. The first-order valence-corrected chi connectivity index (χ1v) is 9.13. The normalized spacial score (nSPS) is 18.9. The van der Waals surface area contributed by atoms with Gasteiger partial charge in [-0.2, -0.15) is 0 Å². The Bertz CT molecular complexity index is 829. The quantitative estimate of drug-likeness (QED) is 0.933. The molecular formula is C17H18N2O3S. The summed E-state index contributed by atoms with van der Waals surface area (Å²) in [6, 6.07) is 10.4.